The molecule has 1 aromatic carbocycles. The van der Waals surface area contributed by atoms with E-state index < -0.39 is 0 Å². The molecule has 1 aliphatic rings. The zero-order chi connectivity index (χ0) is 15.2. The minimum atomic E-state index is 0.680. The number of nitrogens with one attached hydrogen (secondary N) is 1. The number of hydrogen-bond acceptors (Lipinski definition) is 2. The number of para-hydroxylation sites is 1. The van der Waals surface area contributed by atoms with Crippen molar-refractivity contribution in [3.8, 4) is 5.69 Å². The van der Waals surface area contributed by atoms with Crippen LogP contribution in [0.5, 0.6) is 0 Å². The fourth-order valence-electron chi connectivity index (χ4n) is 3.30. The lowest BCUT2D eigenvalue weighted by atomic mass is 9.96. The van der Waals surface area contributed by atoms with Crippen molar-refractivity contribution < 1.29 is 0 Å². The molecule has 0 amide bonds. The van der Waals surface area contributed by atoms with E-state index in [4.69, 9.17) is 0 Å². The van der Waals surface area contributed by atoms with E-state index >= 15 is 0 Å². The molecule has 3 rings (SSSR count). The van der Waals surface area contributed by atoms with Crippen LogP contribution in [0, 0.1) is 6.92 Å². The van der Waals surface area contributed by atoms with Gasteiger partial charge in [-0.3, -0.25) is 0 Å². The number of rotatable bonds is 4. The maximum atomic E-state index is 4.65. The Morgan fingerprint density at radius 1 is 1.05 bits per heavy atom. The second-order valence-electron chi connectivity index (χ2n) is 6.44. The molecule has 1 aliphatic carbocycles. The van der Waals surface area contributed by atoms with Gasteiger partial charge in [-0.25, -0.2) is 4.68 Å². The van der Waals surface area contributed by atoms with Gasteiger partial charge in [0.25, 0.3) is 0 Å². The standard InChI is InChI=1S/C19H27N3/c1-16-17(14-20-18-10-6-3-2-4-7-11-18)15-22(21-16)19-12-8-5-9-13-19/h5,8-9,12-13,15,18,20H,2-4,6-7,10-11,14H2,1H3. The Hall–Kier alpha value is -1.61. The first-order chi connectivity index (χ1) is 10.8. The van der Waals surface area contributed by atoms with E-state index in [0.717, 1.165) is 17.9 Å². The highest BCUT2D eigenvalue weighted by atomic mass is 15.3. The highest BCUT2D eigenvalue weighted by molar-refractivity contribution is 5.32. The smallest absolute Gasteiger partial charge is 0.0645 e. The van der Waals surface area contributed by atoms with Gasteiger partial charge in [-0.05, 0) is 31.9 Å². The summed E-state index contributed by atoms with van der Waals surface area (Å²) in [6.07, 6.45) is 11.8. The molecule has 1 heterocycles. The Bertz CT molecular complexity index is 566. The average molecular weight is 297 g/mol. The first-order valence-electron chi connectivity index (χ1n) is 8.67. The van der Waals surface area contributed by atoms with Crippen LogP contribution in [0.2, 0.25) is 0 Å². The van der Waals surface area contributed by atoms with E-state index in [0.29, 0.717) is 6.04 Å². The summed E-state index contributed by atoms with van der Waals surface area (Å²) in [6.45, 7) is 3.04. The summed E-state index contributed by atoms with van der Waals surface area (Å²) in [5.41, 5.74) is 3.57. The first kappa shape index (κ1) is 15.3. The zero-order valence-corrected chi connectivity index (χ0v) is 13.6. The van der Waals surface area contributed by atoms with Gasteiger partial charge in [0.15, 0.2) is 0 Å². The van der Waals surface area contributed by atoms with Gasteiger partial charge in [0.1, 0.15) is 0 Å². The van der Waals surface area contributed by atoms with Crippen LogP contribution in [0.1, 0.15) is 56.2 Å². The van der Waals surface area contributed by atoms with Gasteiger partial charge in [-0.15, -0.1) is 0 Å². The fourth-order valence-corrected chi connectivity index (χ4v) is 3.30. The SMILES string of the molecule is Cc1nn(-c2ccccc2)cc1CNC1CCCCCCC1. The molecule has 0 aliphatic heterocycles. The van der Waals surface area contributed by atoms with Crippen molar-refractivity contribution in [1.29, 1.82) is 0 Å². The predicted octanol–water partition coefficient (Wildman–Crippen LogP) is 4.38. The molecule has 1 N–H and O–H groups in total. The molecule has 0 spiro atoms. The van der Waals surface area contributed by atoms with Gasteiger partial charge < -0.3 is 5.32 Å². The summed E-state index contributed by atoms with van der Waals surface area (Å²) in [5, 5.41) is 8.41. The van der Waals surface area contributed by atoms with Gasteiger partial charge in [0, 0.05) is 24.3 Å². The van der Waals surface area contributed by atoms with Gasteiger partial charge in [-0.2, -0.15) is 5.10 Å². The predicted molar refractivity (Wildman–Crippen MR) is 91.2 cm³/mol. The van der Waals surface area contributed by atoms with E-state index in [-0.39, 0.29) is 0 Å². The summed E-state index contributed by atoms with van der Waals surface area (Å²) in [4.78, 5) is 0. The lowest BCUT2D eigenvalue weighted by molar-refractivity contribution is 0.389. The second-order valence-corrected chi connectivity index (χ2v) is 6.44. The van der Waals surface area contributed by atoms with Gasteiger partial charge in [0.2, 0.25) is 0 Å². The lowest BCUT2D eigenvalue weighted by Gasteiger charge is -2.20. The van der Waals surface area contributed by atoms with E-state index in [1.165, 1.54) is 50.5 Å². The minimum absolute atomic E-state index is 0.680. The molecule has 0 radical (unpaired) electrons. The number of hydrogen-bond donors (Lipinski definition) is 1. The number of nitrogens with zero attached hydrogens (tertiary/aromatic N) is 2. The molecule has 3 nitrogen and oxygen atoms in total. The summed E-state index contributed by atoms with van der Waals surface area (Å²) < 4.78 is 1.99. The van der Waals surface area contributed by atoms with E-state index in [1.807, 2.05) is 10.7 Å². The normalized spacial score (nSPS) is 17.1. The summed E-state index contributed by atoms with van der Waals surface area (Å²) in [7, 11) is 0. The third-order valence-corrected chi connectivity index (χ3v) is 4.71. The Kier molecular flexibility index (Phi) is 5.28. The zero-order valence-electron chi connectivity index (χ0n) is 13.6. The second kappa shape index (κ2) is 7.59. The number of benzene rings is 1. The van der Waals surface area contributed by atoms with Crippen LogP contribution in [-0.4, -0.2) is 15.8 Å². The van der Waals surface area contributed by atoms with Gasteiger partial charge in [-0.1, -0.05) is 50.3 Å². The van der Waals surface area contributed by atoms with Crippen molar-refractivity contribution in [3.63, 3.8) is 0 Å². The number of aryl methyl sites for hydroxylation is 1. The maximum Gasteiger partial charge on any atom is 0.0645 e. The highest BCUT2D eigenvalue weighted by Gasteiger charge is 2.12. The Balaban J connectivity index is 1.61. The van der Waals surface area contributed by atoms with Crippen LogP contribution >= 0.6 is 0 Å². The Labute approximate surface area is 133 Å². The van der Waals surface area contributed by atoms with E-state index in [2.05, 4.69) is 47.8 Å². The molecular weight excluding hydrogens is 270 g/mol. The molecule has 22 heavy (non-hydrogen) atoms. The minimum Gasteiger partial charge on any atom is -0.310 e. The van der Waals surface area contributed by atoms with E-state index in [1.54, 1.807) is 0 Å². The summed E-state index contributed by atoms with van der Waals surface area (Å²) >= 11 is 0. The molecule has 1 fully saturated rings. The van der Waals surface area contributed by atoms with Crippen molar-refractivity contribution in [2.24, 2.45) is 0 Å². The topological polar surface area (TPSA) is 29.9 Å². The molecule has 1 saturated carbocycles. The van der Waals surface area contributed by atoms with Crippen LogP contribution in [0.15, 0.2) is 36.5 Å². The average Bonchev–Trinajstić information content (AvgIpc) is 2.88. The van der Waals surface area contributed by atoms with Crippen LogP contribution in [0.3, 0.4) is 0 Å². The van der Waals surface area contributed by atoms with Crippen molar-refractivity contribution >= 4 is 0 Å². The lowest BCUT2D eigenvalue weighted by Crippen LogP contribution is -2.29. The third-order valence-electron chi connectivity index (χ3n) is 4.71. The molecule has 0 saturated heterocycles. The van der Waals surface area contributed by atoms with Gasteiger partial charge >= 0.3 is 0 Å². The van der Waals surface area contributed by atoms with Crippen LogP contribution in [0.25, 0.3) is 5.69 Å². The molecule has 2 aromatic rings. The molecular formula is C19H27N3. The summed E-state index contributed by atoms with van der Waals surface area (Å²) in [5.74, 6) is 0. The molecule has 0 bridgehead atoms. The maximum absolute atomic E-state index is 4.65. The molecule has 0 atom stereocenters. The third kappa shape index (κ3) is 3.98. The van der Waals surface area contributed by atoms with Crippen molar-refractivity contribution in [1.82, 2.24) is 15.1 Å². The number of aromatic nitrogens is 2. The highest BCUT2D eigenvalue weighted by Crippen LogP contribution is 2.18. The van der Waals surface area contributed by atoms with Crippen LogP contribution < -0.4 is 5.32 Å². The molecule has 0 unspecified atom stereocenters. The monoisotopic (exact) mass is 297 g/mol. The quantitative estimate of drug-likeness (QED) is 0.907. The molecule has 3 heteroatoms. The van der Waals surface area contributed by atoms with Crippen molar-refractivity contribution in [3.05, 3.63) is 47.8 Å². The van der Waals surface area contributed by atoms with Crippen molar-refractivity contribution in [2.75, 3.05) is 0 Å². The van der Waals surface area contributed by atoms with Crippen molar-refractivity contribution in [2.45, 2.75) is 64.5 Å². The largest absolute Gasteiger partial charge is 0.310 e. The molecule has 118 valence electrons. The van der Waals surface area contributed by atoms with E-state index in [9.17, 15) is 0 Å². The fraction of sp³-hybridized carbons (Fsp3) is 0.526. The Morgan fingerprint density at radius 2 is 1.73 bits per heavy atom. The first-order valence-corrected chi connectivity index (χ1v) is 8.67. The Morgan fingerprint density at radius 3 is 2.45 bits per heavy atom. The van der Waals surface area contributed by atoms with Crippen LogP contribution in [0.4, 0.5) is 0 Å². The molecule has 1 aromatic heterocycles. The van der Waals surface area contributed by atoms with Gasteiger partial charge in [0.05, 0.1) is 11.4 Å². The summed E-state index contributed by atoms with van der Waals surface area (Å²) in [6, 6.07) is 11.0. The van der Waals surface area contributed by atoms with Crippen LogP contribution in [-0.2, 0) is 6.54 Å².